The van der Waals surface area contributed by atoms with Gasteiger partial charge in [-0.3, -0.25) is 0 Å². The number of nitrogens with zero attached hydrogens (tertiary/aromatic N) is 6. The van der Waals surface area contributed by atoms with Gasteiger partial charge in [0.15, 0.2) is 0 Å². The van der Waals surface area contributed by atoms with Gasteiger partial charge in [0.25, 0.3) is 0 Å². The number of aryl methyl sites for hydroxylation is 3. The van der Waals surface area contributed by atoms with Crippen LogP contribution in [0.4, 0.5) is 11.8 Å². The van der Waals surface area contributed by atoms with Gasteiger partial charge < -0.3 is 10.2 Å². The molecule has 3 aromatic heterocycles. The van der Waals surface area contributed by atoms with Gasteiger partial charge in [0.05, 0.1) is 29.1 Å². The van der Waals surface area contributed by atoms with Crippen LogP contribution in [-0.4, -0.2) is 38.1 Å². The van der Waals surface area contributed by atoms with Crippen molar-refractivity contribution in [2.75, 3.05) is 23.8 Å². The Bertz CT molecular complexity index is 923. The summed E-state index contributed by atoms with van der Waals surface area (Å²) in [7, 11) is 2.09. The number of hydrogen-bond donors (Lipinski definition) is 1. The van der Waals surface area contributed by atoms with Gasteiger partial charge in [-0.2, -0.15) is 4.98 Å². The lowest BCUT2D eigenvalue weighted by Gasteiger charge is -2.21. The van der Waals surface area contributed by atoms with Crippen LogP contribution in [0.15, 0.2) is 10.9 Å². The van der Waals surface area contributed by atoms with E-state index in [0.29, 0.717) is 6.54 Å². The van der Waals surface area contributed by atoms with Crippen LogP contribution in [0.1, 0.15) is 53.2 Å². The largest absolute Gasteiger partial charge is 0.364 e. The molecule has 0 aliphatic heterocycles. The van der Waals surface area contributed by atoms with Crippen LogP contribution in [0.3, 0.4) is 0 Å². The molecular formula is C20H27N7S2. The van der Waals surface area contributed by atoms with Gasteiger partial charge >= 0.3 is 0 Å². The Hall–Kier alpha value is -2.13. The number of nitrogens with one attached hydrogen (secondary N) is 1. The van der Waals surface area contributed by atoms with Gasteiger partial charge in [0, 0.05) is 29.4 Å². The summed E-state index contributed by atoms with van der Waals surface area (Å²) >= 11 is 3.12. The molecule has 7 nitrogen and oxygen atoms in total. The van der Waals surface area contributed by atoms with Crippen molar-refractivity contribution in [3.05, 3.63) is 38.4 Å². The van der Waals surface area contributed by atoms with Gasteiger partial charge in [-0.1, -0.05) is 10.9 Å². The van der Waals surface area contributed by atoms with Crippen molar-refractivity contribution >= 4 is 34.6 Å². The summed E-state index contributed by atoms with van der Waals surface area (Å²) in [5, 5.41) is 9.62. The molecule has 29 heavy (non-hydrogen) atoms. The highest BCUT2D eigenvalue weighted by Crippen LogP contribution is 2.27. The average molecular weight is 430 g/mol. The smallest absolute Gasteiger partial charge is 0.227 e. The van der Waals surface area contributed by atoms with Gasteiger partial charge in [-0.05, 0) is 57.0 Å². The summed E-state index contributed by atoms with van der Waals surface area (Å²) in [4.78, 5) is 17.8. The van der Waals surface area contributed by atoms with Crippen LogP contribution in [0, 0.1) is 6.92 Å². The van der Waals surface area contributed by atoms with Crippen molar-refractivity contribution < 1.29 is 0 Å². The third-order valence-electron chi connectivity index (χ3n) is 5.35. The van der Waals surface area contributed by atoms with Crippen LogP contribution in [0.2, 0.25) is 0 Å². The Morgan fingerprint density at radius 3 is 2.86 bits per heavy atom. The van der Waals surface area contributed by atoms with E-state index >= 15 is 0 Å². The maximum absolute atomic E-state index is 4.95. The maximum Gasteiger partial charge on any atom is 0.227 e. The van der Waals surface area contributed by atoms with Crippen molar-refractivity contribution in [3.8, 4) is 0 Å². The molecule has 1 N–H and O–H groups in total. The molecule has 0 bridgehead atoms. The number of anilines is 2. The normalized spacial score (nSPS) is 13.7. The fourth-order valence-electron chi connectivity index (χ4n) is 3.65. The topological polar surface area (TPSA) is 79.7 Å². The minimum atomic E-state index is 0.647. The summed E-state index contributed by atoms with van der Waals surface area (Å²) < 4.78 is 3.95. The van der Waals surface area contributed by atoms with Gasteiger partial charge in [0.2, 0.25) is 5.95 Å². The molecule has 9 heteroatoms. The maximum atomic E-state index is 4.95. The van der Waals surface area contributed by atoms with E-state index in [-0.39, 0.29) is 0 Å². The molecule has 0 aromatic carbocycles. The third-order valence-corrected chi connectivity index (χ3v) is 6.90. The van der Waals surface area contributed by atoms with E-state index < -0.39 is 0 Å². The zero-order valence-corrected chi connectivity index (χ0v) is 18.7. The Labute approximate surface area is 179 Å². The predicted octanol–water partition coefficient (Wildman–Crippen LogP) is 4.04. The van der Waals surface area contributed by atoms with Crippen LogP contribution in [0.5, 0.6) is 0 Å². The van der Waals surface area contributed by atoms with Crippen LogP contribution >= 0.6 is 22.9 Å². The molecule has 1 aliphatic rings. The highest BCUT2D eigenvalue weighted by atomic mass is 32.1. The lowest BCUT2D eigenvalue weighted by molar-refractivity contribution is 0.708. The van der Waals surface area contributed by atoms with E-state index in [1.54, 1.807) is 11.3 Å². The van der Waals surface area contributed by atoms with Gasteiger partial charge in [-0.15, -0.1) is 16.4 Å². The molecule has 3 heterocycles. The van der Waals surface area contributed by atoms with Crippen molar-refractivity contribution in [1.82, 2.24) is 24.5 Å². The molecule has 0 amide bonds. The van der Waals surface area contributed by atoms with E-state index in [9.17, 15) is 0 Å². The molecule has 0 saturated carbocycles. The van der Waals surface area contributed by atoms with Crippen LogP contribution in [0.25, 0.3) is 0 Å². The number of fused-ring (bicyclic) bond motifs is 1. The Kier molecular flexibility index (Phi) is 6.66. The molecule has 0 atom stereocenters. The Balaban J connectivity index is 1.48. The lowest BCUT2D eigenvalue weighted by Crippen LogP contribution is -2.23. The van der Waals surface area contributed by atoms with Crippen LogP contribution in [-0.2, 0) is 25.8 Å². The first-order valence-electron chi connectivity index (χ1n) is 10.2. The molecule has 3 aromatic rings. The first kappa shape index (κ1) is 20.2. The fourth-order valence-corrected chi connectivity index (χ4v) is 4.93. The summed E-state index contributed by atoms with van der Waals surface area (Å²) in [6, 6.07) is 0. The fraction of sp³-hybridized carbons (Fsp3) is 0.550. The molecule has 0 saturated heterocycles. The van der Waals surface area contributed by atoms with Crippen LogP contribution < -0.4 is 10.2 Å². The SMILES string of the molecule is Cc1ncsc1CCCN(C)c1nc2c(c(NCc3csnn3)n1)CCCCC2. The van der Waals surface area contributed by atoms with Gasteiger partial charge in [0.1, 0.15) is 5.82 Å². The van der Waals surface area contributed by atoms with E-state index in [0.717, 1.165) is 55.4 Å². The van der Waals surface area contributed by atoms with Crippen molar-refractivity contribution in [3.63, 3.8) is 0 Å². The predicted molar refractivity (Wildman–Crippen MR) is 119 cm³/mol. The molecule has 0 radical (unpaired) electrons. The van der Waals surface area contributed by atoms with Crippen molar-refractivity contribution in [2.45, 2.75) is 58.4 Å². The number of thiazole rings is 1. The van der Waals surface area contributed by atoms with E-state index in [1.165, 1.54) is 46.9 Å². The average Bonchev–Trinajstić information content (AvgIpc) is 3.32. The minimum absolute atomic E-state index is 0.647. The zero-order chi connectivity index (χ0) is 20.1. The summed E-state index contributed by atoms with van der Waals surface area (Å²) in [5.41, 5.74) is 6.52. The third kappa shape index (κ3) is 5.08. The molecule has 0 unspecified atom stereocenters. The number of aromatic nitrogens is 5. The Morgan fingerprint density at radius 1 is 1.17 bits per heavy atom. The highest BCUT2D eigenvalue weighted by molar-refractivity contribution is 7.09. The lowest BCUT2D eigenvalue weighted by atomic mass is 10.1. The van der Waals surface area contributed by atoms with E-state index in [2.05, 4.69) is 38.8 Å². The molecule has 1 aliphatic carbocycles. The quantitative estimate of drug-likeness (QED) is 0.541. The summed E-state index contributed by atoms with van der Waals surface area (Å²) in [6.45, 7) is 3.65. The first-order valence-corrected chi connectivity index (χ1v) is 11.9. The monoisotopic (exact) mass is 429 g/mol. The molecule has 0 fully saturated rings. The zero-order valence-electron chi connectivity index (χ0n) is 17.0. The van der Waals surface area contributed by atoms with E-state index in [4.69, 9.17) is 9.97 Å². The molecule has 4 rings (SSSR count). The standard InChI is InChI=1S/C20H27N7S2/c1-14-18(28-13-22-14)9-6-10-27(2)20-23-17-8-5-3-4-7-16(17)19(24-20)21-11-15-12-29-26-25-15/h12-13H,3-11H2,1-2H3,(H,21,23,24). The molecule has 0 spiro atoms. The minimum Gasteiger partial charge on any atom is -0.364 e. The molecule has 154 valence electrons. The second kappa shape index (κ2) is 9.58. The Morgan fingerprint density at radius 2 is 2.07 bits per heavy atom. The molecular weight excluding hydrogens is 402 g/mol. The second-order valence-corrected chi connectivity index (χ2v) is 9.04. The van der Waals surface area contributed by atoms with E-state index in [1.807, 2.05) is 10.9 Å². The number of hydrogen-bond acceptors (Lipinski definition) is 9. The highest BCUT2D eigenvalue weighted by Gasteiger charge is 2.18. The summed E-state index contributed by atoms with van der Waals surface area (Å²) in [6.07, 6.45) is 7.85. The second-order valence-electron chi connectivity index (χ2n) is 7.49. The first-order chi connectivity index (χ1) is 14.2. The summed E-state index contributed by atoms with van der Waals surface area (Å²) in [5.74, 6) is 1.77. The van der Waals surface area contributed by atoms with Crippen molar-refractivity contribution in [2.24, 2.45) is 0 Å². The van der Waals surface area contributed by atoms with Gasteiger partial charge in [-0.25, -0.2) is 9.97 Å². The van der Waals surface area contributed by atoms with Crippen molar-refractivity contribution in [1.29, 1.82) is 0 Å². The number of rotatable bonds is 8.